The van der Waals surface area contributed by atoms with Gasteiger partial charge in [-0.2, -0.15) is 0 Å². The minimum Gasteiger partial charge on any atom is -0.455 e. The Morgan fingerprint density at radius 2 is 0.812 bits per heavy atom. The Labute approximate surface area is 122 Å². The predicted octanol–water partition coefficient (Wildman–Crippen LogP) is 5.63. The first-order valence-electron chi connectivity index (χ1n) is 5.91. The number of hydrogen-bond acceptors (Lipinski definition) is 1. The molecular formula is C12H31IOSi2. The van der Waals surface area contributed by atoms with Crippen LogP contribution in [0.1, 0.15) is 41.5 Å². The third-order valence-electron chi connectivity index (χ3n) is 4.12. The van der Waals surface area contributed by atoms with Gasteiger partial charge in [-0.15, -0.1) is 24.0 Å². The Morgan fingerprint density at radius 3 is 0.938 bits per heavy atom. The zero-order valence-electron chi connectivity index (χ0n) is 12.8. The zero-order valence-corrected chi connectivity index (χ0v) is 17.1. The van der Waals surface area contributed by atoms with Crippen molar-refractivity contribution in [2.24, 2.45) is 0 Å². The molecule has 0 aliphatic carbocycles. The van der Waals surface area contributed by atoms with Crippen LogP contribution in [0.3, 0.4) is 0 Å². The minimum absolute atomic E-state index is 0. The van der Waals surface area contributed by atoms with E-state index in [4.69, 9.17) is 4.12 Å². The van der Waals surface area contributed by atoms with E-state index in [1.165, 1.54) is 0 Å². The van der Waals surface area contributed by atoms with E-state index >= 15 is 0 Å². The molecule has 0 saturated carbocycles. The van der Waals surface area contributed by atoms with E-state index in [1.807, 2.05) is 0 Å². The molecule has 0 heterocycles. The summed E-state index contributed by atoms with van der Waals surface area (Å²) in [7, 11) is -3.18. The van der Waals surface area contributed by atoms with Crippen molar-refractivity contribution < 1.29 is 4.12 Å². The van der Waals surface area contributed by atoms with Gasteiger partial charge in [0, 0.05) is 0 Å². The van der Waals surface area contributed by atoms with Crippen LogP contribution in [0.2, 0.25) is 36.3 Å². The van der Waals surface area contributed by atoms with Gasteiger partial charge < -0.3 is 4.12 Å². The van der Waals surface area contributed by atoms with Gasteiger partial charge in [-0.05, 0) is 36.3 Å². The van der Waals surface area contributed by atoms with Crippen molar-refractivity contribution in [3.05, 3.63) is 0 Å². The summed E-state index contributed by atoms with van der Waals surface area (Å²) in [6.45, 7) is 23.3. The molecule has 0 spiro atoms. The molecule has 0 bridgehead atoms. The Bertz CT molecular complexity index is 200. The second kappa shape index (κ2) is 5.40. The van der Waals surface area contributed by atoms with Crippen LogP contribution in [-0.2, 0) is 4.12 Å². The highest BCUT2D eigenvalue weighted by atomic mass is 127. The fourth-order valence-electron chi connectivity index (χ4n) is 0.944. The molecule has 0 aromatic heterocycles. The van der Waals surface area contributed by atoms with Crippen molar-refractivity contribution in [3.63, 3.8) is 0 Å². The molecule has 0 aromatic rings. The molecule has 0 unspecified atom stereocenters. The Hall–Kier alpha value is 1.12. The standard InChI is InChI=1S/C12H30OSi2.HI/c1-11(2,3)14(7,8)13-15(9,10)12(4,5)6;/h1-10H3;1H. The van der Waals surface area contributed by atoms with Crippen LogP contribution in [0.25, 0.3) is 0 Å². The van der Waals surface area contributed by atoms with E-state index in [1.54, 1.807) is 0 Å². The lowest BCUT2D eigenvalue weighted by atomic mass is 10.2. The molecule has 0 aliphatic rings. The molecular weight excluding hydrogens is 343 g/mol. The Balaban J connectivity index is 0. The van der Waals surface area contributed by atoms with Crippen LogP contribution in [0.15, 0.2) is 0 Å². The topological polar surface area (TPSA) is 9.23 Å². The van der Waals surface area contributed by atoms with Crippen molar-refractivity contribution in [1.29, 1.82) is 0 Å². The molecule has 16 heavy (non-hydrogen) atoms. The van der Waals surface area contributed by atoms with Crippen LogP contribution in [-0.4, -0.2) is 16.6 Å². The molecule has 4 heteroatoms. The summed E-state index contributed by atoms with van der Waals surface area (Å²) >= 11 is 0. The maximum absolute atomic E-state index is 6.63. The van der Waals surface area contributed by atoms with Crippen LogP contribution in [0.4, 0.5) is 0 Å². The number of halogens is 1. The van der Waals surface area contributed by atoms with E-state index in [-0.39, 0.29) is 24.0 Å². The predicted molar refractivity (Wildman–Crippen MR) is 90.9 cm³/mol. The van der Waals surface area contributed by atoms with Crippen molar-refractivity contribution in [2.45, 2.75) is 77.8 Å². The lowest BCUT2D eigenvalue weighted by Gasteiger charge is -2.47. The van der Waals surface area contributed by atoms with E-state index in [9.17, 15) is 0 Å². The smallest absolute Gasteiger partial charge is 0.178 e. The zero-order chi connectivity index (χ0) is 12.7. The molecule has 0 N–H and O–H groups in total. The summed E-state index contributed by atoms with van der Waals surface area (Å²) in [5.41, 5.74) is 0. The molecule has 0 atom stereocenters. The SMILES string of the molecule is CC(C)(C)[Si](C)(C)O[Si](C)(C)C(C)(C)C.I. The van der Waals surface area contributed by atoms with E-state index in [0.29, 0.717) is 10.1 Å². The molecule has 0 rings (SSSR count). The van der Waals surface area contributed by atoms with Gasteiger partial charge in [-0.1, -0.05) is 41.5 Å². The maximum atomic E-state index is 6.63. The fourth-order valence-corrected chi connectivity index (χ4v) is 8.50. The Morgan fingerprint density at radius 1 is 0.625 bits per heavy atom. The van der Waals surface area contributed by atoms with Crippen LogP contribution in [0.5, 0.6) is 0 Å². The molecule has 0 radical (unpaired) electrons. The summed E-state index contributed by atoms with van der Waals surface area (Å²) in [5.74, 6) is 0. The Kier molecular flexibility index (Phi) is 6.57. The van der Waals surface area contributed by atoms with Gasteiger partial charge in [0.25, 0.3) is 0 Å². The van der Waals surface area contributed by atoms with Crippen LogP contribution in [0, 0.1) is 0 Å². The van der Waals surface area contributed by atoms with Gasteiger partial charge in [0.05, 0.1) is 0 Å². The van der Waals surface area contributed by atoms with E-state index < -0.39 is 16.6 Å². The second-order valence-corrected chi connectivity index (χ2v) is 17.5. The molecule has 0 amide bonds. The molecule has 100 valence electrons. The van der Waals surface area contributed by atoms with Gasteiger partial charge >= 0.3 is 0 Å². The molecule has 0 fully saturated rings. The molecule has 1 nitrogen and oxygen atoms in total. The summed E-state index contributed by atoms with van der Waals surface area (Å²) in [5, 5.41) is 0.644. The normalized spacial score (nSPS) is 14.6. The van der Waals surface area contributed by atoms with Gasteiger partial charge in [0.15, 0.2) is 16.6 Å². The van der Waals surface area contributed by atoms with Crippen LogP contribution >= 0.6 is 24.0 Å². The molecule has 0 aromatic carbocycles. The van der Waals surface area contributed by atoms with Gasteiger partial charge in [0.1, 0.15) is 0 Å². The fraction of sp³-hybridized carbons (Fsp3) is 1.00. The summed E-state index contributed by atoms with van der Waals surface area (Å²) in [6, 6.07) is 0. The third-order valence-corrected chi connectivity index (χ3v) is 15.4. The van der Waals surface area contributed by atoms with E-state index in [0.717, 1.165) is 0 Å². The maximum Gasteiger partial charge on any atom is 0.178 e. The first kappa shape index (κ1) is 19.5. The van der Waals surface area contributed by atoms with Crippen molar-refractivity contribution in [2.75, 3.05) is 0 Å². The summed E-state index contributed by atoms with van der Waals surface area (Å²) in [4.78, 5) is 0. The minimum atomic E-state index is -1.59. The highest BCUT2D eigenvalue weighted by Gasteiger charge is 2.46. The summed E-state index contributed by atoms with van der Waals surface area (Å²) in [6.07, 6.45) is 0. The first-order chi connectivity index (χ1) is 6.21. The summed E-state index contributed by atoms with van der Waals surface area (Å²) < 4.78 is 6.63. The van der Waals surface area contributed by atoms with Crippen molar-refractivity contribution >= 4 is 40.6 Å². The average Bonchev–Trinajstić information content (AvgIpc) is 1.77. The highest BCUT2D eigenvalue weighted by molar-refractivity contribution is 14.0. The quantitative estimate of drug-likeness (QED) is 0.449. The van der Waals surface area contributed by atoms with Crippen LogP contribution < -0.4 is 0 Å². The second-order valence-electron chi connectivity index (χ2n) is 7.62. The van der Waals surface area contributed by atoms with E-state index in [2.05, 4.69) is 67.7 Å². The lowest BCUT2D eigenvalue weighted by Crippen LogP contribution is -2.53. The average molecular weight is 374 g/mol. The van der Waals surface area contributed by atoms with Gasteiger partial charge in [0.2, 0.25) is 0 Å². The lowest BCUT2D eigenvalue weighted by molar-refractivity contribution is 0.449. The van der Waals surface area contributed by atoms with Crippen molar-refractivity contribution in [3.8, 4) is 0 Å². The molecule has 0 saturated heterocycles. The van der Waals surface area contributed by atoms with Gasteiger partial charge in [-0.3, -0.25) is 0 Å². The highest BCUT2D eigenvalue weighted by Crippen LogP contribution is 2.44. The van der Waals surface area contributed by atoms with Crippen molar-refractivity contribution in [1.82, 2.24) is 0 Å². The third kappa shape index (κ3) is 4.78. The number of hydrogen-bond donors (Lipinski definition) is 0. The van der Waals surface area contributed by atoms with Gasteiger partial charge in [-0.25, -0.2) is 0 Å². The number of rotatable bonds is 2. The monoisotopic (exact) mass is 374 g/mol. The largest absolute Gasteiger partial charge is 0.455 e. The first-order valence-corrected chi connectivity index (χ1v) is 11.7. The molecule has 0 aliphatic heterocycles.